The van der Waals surface area contributed by atoms with Crippen LogP contribution in [0.4, 0.5) is 11.6 Å². The lowest BCUT2D eigenvalue weighted by molar-refractivity contribution is -0.118. The number of rotatable bonds is 0. The maximum Gasteiger partial charge on any atom is 0.263 e. The number of carbonyl (C=O) groups is 2. The molecule has 62 heavy (non-hydrogen) atoms. The van der Waals surface area contributed by atoms with Crippen LogP contribution in [0.15, 0.2) is 66.7 Å². The van der Waals surface area contributed by atoms with E-state index in [1.54, 1.807) is 18.2 Å². The summed E-state index contributed by atoms with van der Waals surface area (Å²) in [5.41, 5.74) is 9.23. The van der Waals surface area contributed by atoms with E-state index < -0.39 is 11.8 Å². The van der Waals surface area contributed by atoms with E-state index in [0.717, 1.165) is 66.8 Å². The predicted molar refractivity (Wildman–Crippen MR) is 248 cm³/mol. The number of aromatic nitrogens is 1. The van der Waals surface area contributed by atoms with Crippen molar-refractivity contribution in [1.29, 1.82) is 0 Å². The molecule has 1 aromatic heterocycles. The summed E-state index contributed by atoms with van der Waals surface area (Å²) in [6.45, 7) is 25.3. The number of phenols is 2. The molecule has 12 bridgehead atoms. The molecule has 0 spiro atoms. The van der Waals surface area contributed by atoms with E-state index in [1.807, 2.05) is 0 Å². The molecule has 2 aliphatic heterocycles. The van der Waals surface area contributed by atoms with Gasteiger partial charge in [0.25, 0.3) is 11.8 Å². The van der Waals surface area contributed by atoms with Gasteiger partial charge in [-0.25, -0.2) is 4.98 Å². The van der Waals surface area contributed by atoms with Crippen LogP contribution in [0, 0.1) is 0 Å². The van der Waals surface area contributed by atoms with E-state index in [4.69, 9.17) is 9.47 Å². The smallest absolute Gasteiger partial charge is 0.263 e. The Balaban J connectivity index is 1.61. The topological polar surface area (TPSA) is 130 Å². The number of anilines is 2. The third-order valence-corrected chi connectivity index (χ3v) is 12.0. The van der Waals surface area contributed by atoms with Crippen molar-refractivity contribution >= 4 is 23.5 Å². The van der Waals surface area contributed by atoms with Gasteiger partial charge in [-0.3, -0.25) is 9.59 Å². The fourth-order valence-electron chi connectivity index (χ4n) is 8.22. The average Bonchev–Trinajstić information content (AvgIpc) is 3.14. The second-order valence-corrected chi connectivity index (χ2v) is 21.3. The monoisotopic (exact) mass is 837 g/mol. The maximum absolute atomic E-state index is 13.7. The molecule has 0 radical (unpaired) electrons. The molecule has 8 rings (SSSR count). The second-order valence-electron chi connectivity index (χ2n) is 21.3. The van der Waals surface area contributed by atoms with Gasteiger partial charge in [0.1, 0.15) is 34.6 Å². The number of pyridine rings is 1. The molecule has 326 valence electrons. The van der Waals surface area contributed by atoms with Gasteiger partial charge in [-0.05, 0) is 101 Å². The minimum absolute atomic E-state index is 0.166. The van der Waals surface area contributed by atoms with Crippen molar-refractivity contribution in [3.63, 3.8) is 0 Å². The molecular weight excluding hydrogens is 775 g/mol. The minimum atomic E-state index is -0.441. The van der Waals surface area contributed by atoms with E-state index in [0.29, 0.717) is 37.2 Å². The number of nitrogens with zero attached hydrogens (tertiary/aromatic N) is 1. The molecule has 0 saturated heterocycles. The van der Waals surface area contributed by atoms with Crippen molar-refractivity contribution in [2.45, 2.75) is 130 Å². The van der Waals surface area contributed by atoms with Crippen molar-refractivity contribution in [1.82, 2.24) is 4.98 Å². The van der Waals surface area contributed by atoms with Crippen molar-refractivity contribution in [2.75, 3.05) is 23.8 Å². The molecule has 0 saturated carbocycles. The van der Waals surface area contributed by atoms with Crippen molar-refractivity contribution in [2.24, 2.45) is 0 Å². The van der Waals surface area contributed by atoms with Gasteiger partial charge < -0.3 is 30.3 Å². The molecular formula is C53H63N3O6. The first-order valence-corrected chi connectivity index (χ1v) is 21.7. The third-order valence-electron chi connectivity index (χ3n) is 12.0. The van der Waals surface area contributed by atoms with Crippen LogP contribution in [-0.4, -0.2) is 40.2 Å². The van der Waals surface area contributed by atoms with Crippen molar-refractivity contribution in [3.8, 4) is 23.0 Å². The summed E-state index contributed by atoms with van der Waals surface area (Å²) in [4.78, 5) is 31.9. The summed E-state index contributed by atoms with van der Waals surface area (Å²) in [6, 6.07) is 21.8. The van der Waals surface area contributed by atoms with Crippen LogP contribution in [0.2, 0.25) is 0 Å². The highest BCUT2D eigenvalue weighted by molar-refractivity contribution is 5.93. The first-order chi connectivity index (χ1) is 28.8. The number of carbonyl (C=O) groups excluding carboxylic acids is 2. The Hall–Kier alpha value is -5.83. The SMILES string of the molecule is CC(C)(C)c1cc2c(O)c(c1)Cc1cc(C(C)(C)C)cc3c1OCC(=O)Nc1cccc(n1)NC(=O)COc1c(cc(C(C)(C)C)cc1Cc1cc(C(C)(C)C)cc(c1O)C3)C2. The normalized spacial score (nSPS) is 15.1. The standard InChI is InChI=1S/C53H63N3O6/c1-50(2,3)38-20-30-16-34-24-40(52(7,8)9)26-36-18-32-22-39(51(4,5)6)23-33(47(32)60)19-37-27-41(53(10,11)12)25-35(17-31(21-38)46(30)59)49(37)62-29-45(58)56-43-15-13-14-42(54-43)55-44(57)28-61-48(34)36/h13-15,20-27,59-60H,16-19,28-29H2,1-12H3,(H2,54,55,56,57,58). The Morgan fingerprint density at radius 3 is 0.968 bits per heavy atom. The summed E-state index contributed by atoms with van der Waals surface area (Å²) >= 11 is 0. The fourth-order valence-corrected chi connectivity index (χ4v) is 8.22. The molecule has 0 fully saturated rings. The van der Waals surface area contributed by atoms with Crippen molar-refractivity contribution < 1.29 is 29.3 Å². The van der Waals surface area contributed by atoms with E-state index in [2.05, 4.69) is 147 Å². The number of hydrogen-bond donors (Lipinski definition) is 4. The Morgan fingerprint density at radius 1 is 0.452 bits per heavy atom. The number of aromatic hydroxyl groups is 2. The Kier molecular flexibility index (Phi) is 11.5. The number of fused-ring (bicyclic) bond motifs is 6. The summed E-state index contributed by atoms with van der Waals surface area (Å²) < 4.78 is 13.3. The van der Waals surface area contributed by atoms with E-state index in [-0.39, 0.29) is 58.0 Å². The molecule has 4 aromatic carbocycles. The van der Waals surface area contributed by atoms with Gasteiger partial charge in [0.2, 0.25) is 0 Å². The van der Waals surface area contributed by atoms with Gasteiger partial charge in [0, 0.05) is 25.7 Å². The summed E-state index contributed by atoms with van der Waals surface area (Å²) in [6.07, 6.45) is 1.21. The van der Waals surface area contributed by atoms with Crippen molar-refractivity contribution in [3.05, 3.63) is 133 Å². The molecule has 9 heteroatoms. The highest BCUT2D eigenvalue weighted by Crippen LogP contribution is 2.44. The van der Waals surface area contributed by atoms with Crippen LogP contribution >= 0.6 is 0 Å². The van der Waals surface area contributed by atoms with Crippen LogP contribution < -0.4 is 20.1 Å². The minimum Gasteiger partial charge on any atom is -0.507 e. The summed E-state index contributed by atoms with van der Waals surface area (Å²) in [5, 5.41) is 30.6. The Bertz CT molecular complexity index is 2310. The number of nitrogens with one attached hydrogen (secondary N) is 2. The zero-order valence-corrected chi connectivity index (χ0v) is 38.6. The molecule has 2 amide bonds. The van der Waals surface area contributed by atoms with Crippen LogP contribution in [0.5, 0.6) is 23.0 Å². The third kappa shape index (κ3) is 9.62. The van der Waals surface area contributed by atoms with E-state index >= 15 is 0 Å². The molecule has 0 unspecified atom stereocenters. The van der Waals surface area contributed by atoms with Gasteiger partial charge in [-0.1, -0.05) is 138 Å². The van der Waals surface area contributed by atoms with Crippen LogP contribution in [0.3, 0.4) is 0 Å². The maximum atomic E-state index is 13.7. The van der Waals surface area contributed by atoms with E-state index in [9.17, 15) is 19.8 Å². The molecule has 3 aliphatic rings. The first kappa shape index (κ1) is 44.2. The fraction of sp³-hybridized carbons (Fsp3) is 0.415. The largest absolute Gasteiger partial charge is 0.507 e. The highest BCUT2D eigenvalue weighted by atomic mass is 16.5. The Labute approximate surface area is 367 Å². The number of phenolic OH excluding ortho intramolecular Hbond substituents is 2. The first-order valence-electron chi connectivity index (χ1n) is 21.7. The van der Waals surface area contributed by atoms with Crippen LogP contribution in [0.25, 0.3) is 0 Å². The number of hydrogen-bond acceptors (Lipinski definition) is 7. The molecule has 4 N–H and O–H groups in total. The van der Waals surface area contributed by atoms with Gasteiger partial charge >= 0.3 is 0 Å². The van der Waals surface area contributed by atoms with Gasteiger partial charge in [0.05, 0.1) is 0 Å². The lowest BCUT2D eigenvalue weighted by Crippen LogP contribution is -2.24. The lowest BCUT2D eigenvalue weighted by atomic mass is 9.79. The van der Waals surface area contributed by atoms with E-state index in [1.165, 1.54) is 0 Å². The number of amides is 2. The average molecular weight is 838 g/mol. The zero-order valence-electron chi connectivity index (χ0n) is 38.6. The van der Waals surface area contributed by atoms with Crippen LogP contribution in [-0.2, 0) is 56.9 Å². The van der Waals surface area contributed by atoms with Crippen LogP contribution in [0.1, 0.15) is 150 Å². The summed E-state index contributed by atoms with van der Waals surface area (Å²) in [5.74, 6) is 0.984. The van der Waals surface area contributed by atoms with Gasteiger partial charge in [-0.2, -0.15) is 0 Å². The van der Waals surface area contributed by atoms with Gasteiger partial charge in [-0.15, -0.1) is 0 Å². The lowest BCUT2D eigenvalue weighted by Gasteiger charge is -2.28. The molecule has 5 aromatic rings. The zero-order chi connectivity index (χ0) is 45.1. The number of ether oxygens (including phenoxy) is 2. The summed E-state index contributed by atoms with van der Waals surface area (Å²) in [7, 11) is 0. The molecule has 9 nitrogen and oxygen atoms in total. The Morgan fingerprint density at radius 2 is 0.710 bits per heavy atom. The van der Waals surface area contributed by atoms with Gasteiger partial charge in [0.15, 0.2) is 13.2 Å². The number of benzene rings is 4. The quantitative estimate of drug-likeness (QED) is 0.120. The molecule has 1 aliphatic carbocycles. The highest BCUT2D eigenvalue weighted by Gasteiger charge is 2.29. The molecule has 3 heterocycles. The second kappa shape index (κ2) is 16.1. The predicted octanol–water partition coefficient (Wildman–Crippen LogP) is 10.7. The molecule has 0 atom stereocenters.